The van der Waals surface area contributed by atoms with Crippen molar-refractivity contribution in [3.8, 4) is 0 Å². The van der Waals surface area contributed by atoms with E-state index in [-0.39, 0.29) is 0 Å². The molecule has 1 saturated carbocycles. The van der Waals surface area contributed by atoms with E-state index in [0.29, 0.717) is 0 Å². The maximum atomic E-state index is 3.90. The van der Waals surface area contributed by atoms with E-state index < -0.39 is 0 Å². The molecule has 0 spiro atoms. The molecule has 1 aliphatic rings. The van der Waals surface area contributed by atoms with Gasteiger partial charge in [-0.2, -0.15) is 5.10 Å². The molecule has 0 aromatic rings. The van der Waals surface area contributed by atoms with Crippen molar-refractivity contribution in [2.75, 3.05) is 13.1 Å². The molecule has 1 fully saturated rings. The van der Waals surface area contributed by atoms with E-state index in [1.807, 2.05) is 5.01 Å². The third kappa shape index (κ3) is 1.72. The topological polar surface area (TPSA) is 15.6 Å². The Kier molecular flexibility index (Phi) is 2.30. The van der Waals surface area contributed by atoms with Crippen LogP contribution in [-0.2, 0) is 0 Å². The molecular formula is C8H16N2. The first-order valence-electron chi connectivity index (χ1n) is 3.99. The molecule has 0 saturated heterocycles. The largest absolute Gasteiger partial charge is 0.298 e. The van der Waals surface area contributed by atoms with E-state index in [1.165, 1.54) is 6.42 Å². The molecule has 0 bridgehead atoms. The van der Waals surface area contributed by atoms with Crippen molar-refractivity contribution in [2.45, 2.75) is 20.3 Å². The van der Waals surface area contributed by atoms with Crippen LogP contribution in [0.3, 0.4) is 0 Å². The third-order valence-corrected chi connectivity index (χ3v) is 2.29. The summed E-state index contributed by atoms with van der Waals surface area (Å²) in [6, 6.07) is 0. The Labute approximate surface area is 62.9 Å². The van der Waals surface area contributed by atoms with Gasteiger partial charge in [0.2, 0.25) is 0 Å². The first kappa shape index (κ1) is 7.58. The molecule has 1 rings (SSSR count). The molecule has 2 heteroatoms. The maximum absolute atomic E-state index is 3.90. The Hall–Kier alpha value is -0.530. The lowest BCUT2D eigenvalue weighted by Crippen LogP contribution is -2.19. The van der Waals surface area contributed by atoms with Crippen LogP contribution in [0.25, 0.3) is 0 Å². The molecular weight excluding hydrogens is 124 g/mol. The van der Waals surface area contributed by atoms with Gasteiger partial charge in [-0.15, -0.1) is 0 Å². The summed E-state index contributed by atoms with van der Waals surface area (Å²) in [5.74, 6) is 1.82. The van der Waals surface area contributed by atoms with E-state index in [4.69, 9.17) is 0 Å². The van der Waals surface area contributed by atoms with Crippen LogP contribution in [0.15, 0.2) is 5.10 Å². The number of hydrogen-bond donors (Lipinski definition) is 0. The SMILES string of the molecule is C=NN(CC)CC1C[C@@H]1C. The van der Waals surface area contributed by atoms with Crippen molar-refractivity contribution in [1.29, 1.82) is 0 Å². The fourth-order valence-corrected chi connectivity index (χ4v) is 1.21. The zero-order valence-electron chi connectivity index (χ0n) is 6.88. The van der Waals surface area contributed by atoms with E-state index in [9.17, 15) is 0 Å². The fourth-order valence-electron chi connectivity index (χ4n) is 1.21. The molecule has 0 aliphatic heterocycles. The molecule has 2 atom stereocenters. The second kappa shape index (κ2) is 3.04. The van der Waals surface area contributed by atoms with Crippen molar-refractivity contribution in [3.05, 3.63) is 0 Å². The van der Waals surface area contributed by atoms with Gasteiger partial charge in [-0.3, -0.25) is 5.01 Å². The Morgan fingerprint density at radius 2 is 2.30 bits per heavy atom. The van der Waals surface area contributed by atoms with Crippen molar-refractivity contribution >= 4 is 6.72 Å². The highest BCUT2D eigenvalue weighted by molar-refractivity contribution is 5.22. The monoisotopic (exact) mass is 140 g/mol. The summed E-state index contributed by atoms with van der Waals surface area (Å²) in [6.07, 6.45) is 1.38. The lowest BCUT2D eigenvalue weighted by atomic mass is 10.3. The molecule has 0 radical (unpaired) electrons. The molecule has 1 aliphatic carbocycles. The normalized spacial score (nSPS) is 29.8. The second-order valence-corrected chi connectivity index (χ2v) is 3.12. The van der Waals surface area contributed by atoms with Gasteiger partial charge >= 0.3 is 0 Å². The first-order chi connectivity index (χ1) is 4.77. The van der Waals surface area contributed by atoms with Crippen molar-refractivity contribution in [3.63, 3.8) is 0 Å². The average Bonchev–Trinajstić information content (AvgIpc) is 2.62. The van der Waals surface area contributed by atoms with Gasteiger partial charge in [0.05, 0.1) is 0 Å². The Morgan fingerprint density at radius 3 is 2.60 bits per heavy atom. The van der Waals surface area contributed by atoms with E-state index in [2.05, 4.69) is 25.7 Å². The van der Waals surface area contributed by atoms with Crippen LogP contribution < -0.4 is 0 Å². The van der Waals surface area contributed by atoms with Gasteiger partial charge in [0.15, 0.2) is 0 Å². The Morgan fingerprint density at radius 1 is 1.70 bits per heavy atom. The van der Waals surface area contributed by atoms with Gasteiger partial charge < -0.3 is 0 Å². The molecule has 58 valence electrons. The minimum absolute atomic E-state index is 0.894. The summed E-state index contributed by atoms with van der Waals surface area (Å²) < 4.78 is 0. The van der Waals surface area contributed by atoms with Crippen LogP contribution in [0, 0.1) is 11.8 Å². The predicted octanol–water partition coefficient (Wildman–Crippen LogP) is 1.58. The summed E-state index contributed by atoms with van der Waals surface area (Å²) in [7, 11) is 0. The molecule has 0 heterocycles. The summed E-state index contributed by atoms with van der Waals surface area (Å²) in [4.78, 5) is 0. The summed E-state index contributed by atoms with van der Waals surface area (Å²) in [5.41, 5.74) is 0. The molecule has 0 N–H and O–H groups in total. The van der Waals surface area contributed by atoms with Crippen LogP contribution >= 0.6 is 0 Å². The summed E-state index contributed by atoms with van der Waals surface area (Å²) >= 11 is 0. The van der Waals surface area contributed by atoms with Crippen molar-refractivity contribution < 1.29 is 0 Å². The lowest BCUT2D eigenvalue weighted by Gasteiger charge is -2.14. The van der Waals surface area contributed by atoms with E-state index >= 15 is 0 Å². The molecule has 10 heavy (non-hydrogen) atoms. The minimum Gasteiger partial charge on any atom is -0.298 e. The zero-order valence-corrected chi connectivity index (χ0v) is 6.88. The minimum atomic E-state index is 0.894. The van der Waals surface area contributed by atoms with Crippen LogP contribution in [0.2, 0.25) is 0 Å². The standard InChI is InChI=1S/C8H16N2/c1-4-10(9-3)6-8-5-7(8)2/h7-8H,3-6H2,1-2H3/t7-,8?/m0/s1. The zero-order chi connectivity index (χ0) is 7.56. The van der Waals surface area contributed by atoms with Gasteiger partial charge in [-0.05, 0) is 25.2 Å². The smallest absolute Gasteiger partial charge is 0.0390 e. The number of hydrazone groups is 1. The van der Waals surface area contributed by atoms with Gasteiger partial charge in [0, 0.05) is 19.8 Å². The van der Waals surface area contributed by atoms with Crippen LogP contribution in [0.1, 0.15) is 20.3 Å². The van der Waals surface area contributed by atoms with Crippen LogP contribution in [0.4, 0.5) is 0 Å². The predicted molar refractivity (Wildman–Crippen MR) is 44.1 cm³/mol. The Balaban J connectivity index is 2.16. The van der Waals surface area contributed by atoms with Crippen molar-refractivity contribution in [1.82, 2.24) is 5.01 Å². The molecule has 1 unspecified atom stereocenters. The van der Waals surface area contributed by atoms with Crippen LogP contribution in [-0.4, -0.2) is 24.8 Å². The van der Waals surface area contributed by atoms with Gasteiger partial charge in [0.25, 0.3) is 0 Å². The van der Waals surface area contributed by atoms with E-state index in [0.717, 1.165) is 24.9 Å². The molecule has 0 amide bonds. The first-order valence-corrected chi connectivity index (χ1v) is 3.99. The average molecular weight is 140 g/mol. The number of hydrogen-bond acceptors (Lipinski definition) is 2. The molecule has 0 aromatic carbocycles. The fraction of sp³-hybridized carbons (Fsp3) is 0.875. The molecule has 2 nitrogen and oxygen atoms in total. The number of rotatable bonds is 4. The summed E-state index contributed by atoms with van der Waals surface area (Å²) in [5, 5.41) is 5.94. The van der Waals surface area contributed by atoms with Gasteiger partial charge in [-0.25, -0.2) is 0 Å². The highest BCUT2D eigenvalue weighted by atomic mass is 15.4. The van der Waals surface area contributed by atoms with Crippen LogP contribution in [0.5, 0.6) is 0 Å². The van der Waals surface area contributed by atoms with Gasteiger partial charge in [-0.1, -0.05) is 6.92 Å². The maximum Gasteiger partial charge on any atom is 0.0390 e. The molecule has 0 aromatic heterocycles. The summed E-state index contributed by atoms with van der Waals surface area (Å²) in [6.45, 7) is 10.0. The quantitative estimate of drug-likeness (QED) is 0.427. The second-order valence-electron chi connectivity index (χ2n) is 3.12. The highest BCUT2D eigenvalue weighted by Gasteiger charge is 2.33. The van der Waals surface area contributed by atoms with Crippen molar-refractivity contribution in [2.24, 2.45) is 16.9 Å². The van der Waals surface area contributed by atoms with E-state index in [1.54, 1.807) is 0 Å². The third-order valence-electron chi connectivity index (χ3n) is 2.29. The Bertz CT molecular complexity index is 122. The van der Waals surface area contributed by atoms with Gasteiger partial charge in [0.1, 0.15) is 0 Å². The lowest BCUT2D eigenvalue weighted by molar-refractivity contribution is 0.289. The number of nitrogens with zero attached hydrogens (tertiary/aromatic N) is 2. The highest BCUT2D eigenvalue weighted by Crippen LogP contribution is 2.38.